The lowest BCUT2D eigenvalue weighted by Gasteiger charge is -2.16. The van der Waals surface area contributed by atoms with Gasteiger partial charge >= 0.3 is 0 Å². The number of hydrogen-bond donors (Lipinski definition) is 0. The average molecular weight is 278 g/mol. The van der Waals surface area contributed by atoms with Crippen molar-refractivity contribution in [2.75, 3.05) is 0 Å². The Morgan fingerprint density at radius 1 is 0.950 bits per heavy atom. The second kappa shape index (κ2) is 6.37. The van der Waals surface area contributed by atoms with Crippen molar-refractivity contribution in [2.45, 2.75) is 18.8 Å². The lowest BCUT2D eigenvalue weighted by Crippen LogP contribution is -2.17. The second-order valence-corrected chi connectivity index (χ2v) is 4.43. The molecule has 0 aromatic heterocycles. The van der Waals surface area contributed by atoms with Crippen LogP contribution in [-0.2, 0) is 0 Å². The molecule has 104 valence electrons. The van der Waals surface area contributed by atoms with E-state index in [1.54, 1.807) is 30.3 Å². The van der Waals surface area contributed by atoms with E-state index in [9.17, 15) is 18.0 Å². The molecule has 0 aliphatic carbocycles. The summed E-state index contributed by atoms with van der Waals surface area (Å²) in [6, 6.07) is 13.7. The van der Waals surface area contributed by atoms with E-state index in [4.69, 9.17) is 0 Å². The van der Waals surface area contributed by atoms with Crippen LogP contribution >= 0.6 is 0 Å². The van der Waals surface area contributed by atoms with E-state index < -0.39 is 30.4 Å². The Morgan fingerprint density at radius 3 is 2.15 bits per heavy atom. The highest BCUT2D eigenvalue weighted by molar-refractivity contribution is 6.01. The van der Waals surface area contributed by atoms with Gasteiger partial charge in [-0.1, -0.05) is 48.5 Å². The van der Waals surface area contributed by atoms with Gasteiger partial charge in [-0.15, -0.1) is 0 Å². The van der Waals surface area contributed by atoms with Crippen LogP contribution < -0.4 is 0 Å². The van der Waals surface area contributed by atoms with Crippen molar-refractivity contribution < 1.29 is 18.0 Å². The summed E-state index contributed by atoms with van der Waals surface area (Å²) in [7, 11) is 0. The van der Waals surface area contributed by atoms with Gasteiger partial charge in [-0.3, -0.25) is 4.79 Å². The molecule has 2 rings (SSSR count). The third kappa shape index (κ3) is 3.26. The van der Waals surface area contributed by atoms with Crippen LogP contribution in [0.25, 0.3) is 0 Å². The van der Waals surface area contributed by atoms with Gasteiger partial charge in [-0.2, -0.15) is 0 Å². The van der Waals surface area contributed by atoms with Gasteiger partial charge in [0, 0.05) is 12.0 Å². The van der Waals surface area contributed by atoms with E-state index in [2.05, 4.69) is 0 Å². The van der Waals surface area contributed by atoms with Gasteiger partial charge in [0.15, 0.2) is 5.78 Å². The molecule has 1 atom stereocenters. The maximum Gasteiger partial charge on any atom is 0.239 e. The van der Waals surface area contributed by atoms with Crippen molar-refractivity contribution in [3.8, 4) is 0 Å². The highest BCUT2D eigenvalue weighted by Crippen LogP contribution is 2.29. The summed E-state index contributed by atoms with van der Waals surface area (Å²) in [6.45, 7) is 0. The molecule has 0 radical (unpaired) electrons. The van der Waals surface area contributed by atoms with Crippen LogP contribution in [0, 0.1) is 5.82 Å². The van der Waals surface area contributed by atoms with Gasteiger partial charge in [-0.05, 0) is 11.6 Å². The Hall–Kier alpha value is -2.10. The summed E-state index contributed by atoms with van der Waals surface area (Å²) in [4.78, 5) is 12.3. The molecule has 20 heavy (non-hydrogen) atoms. The lowest BCUT2D eigenvalue weighted by molar-refractivity contribution is 0.0858. The molecule has 0 aliphatic rings. The summed E-state index contributed by atoms with van der Waals surface area (Å²) in [5, 5.41) is 0. The predicted molar refractivity (Wildman–Crippen MR) is 70.5 cm³/mol. The van der Waals surface area contributed by atoms with Crippen LogP contribution in [0.2, 0.25) is 0 Å². The third-order valence-electron chi connectivity index (χ3n) is 3.07. The van der Waals surface area contributed by atoms with Crippen molar-refractivity contribution in [1.82, 2.24) is 0 Å². The smallest absolute Gasteiger partial charge is 0.239 e. The third-order valence-corrected chi connectivity index (χ3v) is 3.07. The molecule has 1 nitrogen and oxygen atoms in total. The molecule has 0 bridgehead atoms. The van der Waals surface area contributed by atoms with Gasteiger partial charge in [0.1, 0.15) is 5.82 Å². The molecule has 0 saturated heterocycles. The van der Waals surface area contributed by atoms with E-state index in [1.165, 1.54) is 24.3 Å². The predicted octanol–water partition coefficient (Wildman–Crippen LogP) is 4.45. The van der Waals surface area contributed by atoms with Gasteiger partial charge < -0.3 is 0 Å². The van der Waals surface area contributed by atoms with Crippen LogP contribution in [0.3, 0.4) is 0 Å². The number of halogens is 3. The summed E-state index contributed by atoms with van der Waals surface area (Å²) >= 11 is 0. The first-order valence-electron chi connectivity index (χ1n) is 6.21. The Balaban J connectivity index is 2.38. The van der Waals surface area contributed by atoms with Crippen molar-refractivity contribution in [3.63, 3.8) is 0 Å². The van der Waals surface area contributed by atoms with Gasteiger partial charge in [0.2, 0.25) is 6.43 Å². The minimum atomic E-state index is -2.67. The molecule has 2 aromatic carbocycles. The van der Waals surface area contributed by atoms with E-state index in [1.807, 2.05) is 0 Å². The average Bonchev–Trinajstić information content (AvgIpc) is 2.46. The Morgan fingerprint density at radius 2 is 1.55 bits per heavy atom. The summed E-state index contributed by atoms with van der Waals surface area (Å²) < 4.78 is 39.2. The number of benzene rings is 2. The molecule has 1 unspecified atom stereocenters. The molecule has 0 amide bonds. The molecular formula is C16H13F3O. The number of Topliss-reactive ketones (excluding diaryl/α,β-unsaturated/α-hetero) is 1. The Labute approximate surface area is 115 Å². The van der Waals surface area contributed by atoms with Crippen LogP contribution in [0.1, 0.15) is 28.3 Å². The quantitative estimate of drug-likeness (QED) is 0.739. The number of carbonyl (C=O) groups excluding carboxylic acids is 1. The topological polar surface area (TPSA) is 17.1 Å². The zero-order valence-electron chi connectivity index (χ0n) is 10.6. The van der Waals surface area contributed by atoms with Crippen LogP contribution in [0.5, 0.6) is 0 Å². The van der Waals surface area contributed by atoms with E-state index in [0.717, 1.165) is 0 Å². The molecule has 0 aliphatic heterocycles. The zero-order valence-corrected chi connectivity index (χ0v) is 10.6. The van der Waals surface area contributed by atoms with Crippen LogP contribution in [0.4, 0.5) is 13.2 Å². The monoisotopic (exact) mass is 278 g/mol. The van der Waals surface area contributed by atoms with Gasteiger partial charge in [0.05, 0.1) is 5.92 Å². The van der Waals surface area contributed by atoms with E-state index >= 15 is 0 Å². The van der Waals surface area contributed by atoms with E-state index in [-0.39, 0.29) is 5.56 Å². The van der Waals surface area contributed by atoms with Crippen molar-refractivity contribution in [2.24, 2.45) is 0 Å². The Kier molecular flexibility index (Phi) is 4.56. The Bertz CT molecular complexity index is 581. The number of alkyl halides is 2. The van der Waals surface area contributed by atoms with Crippen LogP contribution in [0.15, 0.2) is 54.6 Å². The molecule has 0 heterocycles. The summed E-state index contributed by atoms with van der Waals surface area (Å²) in [6.07, 6.45) is -3.36. The first-order chi connectivity index (χ1) is 9.59. The zero-order chi connectivity index (χ0) is 14.5. The largest absolute Gasteiger partial charge is 0.293 e. The molecule has 0 fully saturated rings. The summed E-state index contributed by atoms with van der Waals surface area (Å²) in [5.74, 6) is -2.29. The first kappa shape index (κ1) is 14.3. The lowest BCUT2D eigenvalue weighted by atomic mass is 9.88. The number of rotatable bonds is 5. The minimum Gasteiger partial charge on any atom is -0.293 e. The number of carbonyl (C=O) groups is 1. The molecule has 0 spiro atoms. The standard InChI is InChI=1S/C16H13F3O/c17-14-9-5-4-8-12(14)13(10-15(18)19)16(20)11-6-2-1-3-7-11/h1-9,13,15H,10H2. The van der Waals surface area contributed by atoms with Crippen molar-refractivity contribution >= 4 is 5.78 Å². The molecule has 2 aromatic rings. The fraction of sp³-hybridized carbons (Fsp3) is 0.188. The van der Waals surface area contributed by atoms with Crippen LogP contribution in [-0.4, -0.2) is 12.2 Å². The van der Waals surface area contributed by atoms with Crippen molar-refractivity contribution in [3.05, 3.63) is 71.5 Å². The molecule has 4 heteroatoms. The number of ketones is 1. The van der Waals surface area contributed by atoms with E-state index in [0.29, 0.717) is 5.56 Å². The molecule has 0 N–H and O–H groups in total. The van der Waals surface area contributed by atoms with Gasteiger partial charge in [-0.25, -0.2) is 13.2 Å². The SMILES string of the molecule is O=C(c1ccccc1)C(CC(F)F)c1ccccc1F. The summed E-state index contributed by atoms with van der Waals surface area (Å²) in [5.41, 5.74) is 0.322. The fourth-order valence-corrected chi connectivity index (χ4v) is 2.11. The second-order valence-electron chi connectivity index (χ2n) is 4.43. The minimum absolute atomic E-state index is 0.0154. The highest BCUT2D eigenvalue weighted by atomic mass is 19.3. The van der Waals surface area contributed by atoms with Gasteiger partial charge in [0.25, 0.3) is 0 Å². The maximum absolute atomic E-state index is 13.8. The molecular weight excluding hydrogens is 265 g/mol. The molecule has 0 saturated carbocycles. The normalized spacial score (nSPS) is 12.4. The highest BCUT2D eigenvalue weighted by Gasteiger charge is 2.27. The van der Waals surface area contributed by atoms with Crippen molar-refractivity contribution in [1.29, 1.82) is 0 Å². The number of hydrogen-bond acceptors (Lipinski definition) is 1. The maximum atomic E-state index is 13.8. The first-order valence-corrected chi connectivity index (χ1v) is 6.21. The fourth-order valence-electron chi connectivity index (χ4n) is 2.11.